The Morgan fingerprint density at radius 1 is 1.32 bits per heavy atom. The number of rotatable bonds is 5. The van der Waals surface area contributed by atoms with Crippen molar-refractivity contribution in [3.05, 3.63) is 17.0 Å². The third-order valence-electron chi connectivity index (χ3n) is 3.48. The number of carboxylic acids is 1. The summed E-state index contributed by atoms with van der Waals surface area (Å²) in [7, 11) is 1.65. The number of aryl methyl sites for hydroxylation is 2. The van der Waals surface area contributed by atoms with Crippen molar-refractivity contribution in [2.75, 3.05) is 7.05 Å². The van der Waals surface area contributed by atoms with Crippen molar-refractivity contribution >= 4 is 11.9 Å². The highest BCUT2D eigenvalue weighted by Gasteiger charge is 2.28. The van der Waals surface area contributed by atoms with E-state index in [2.05, 4.69) is 5.16 Å². The molecule has 0 aliphatic heterocycles. The molecular formula is C13H20N2O4. The average Bonchev–Trinajstić information content (AvgIpc) is 2.67. The third kappa shape index (κ3) is 3.33. The molecule has 0 saturated heterocycles. The standard InChI is InChI=1S/C13H20N2O4/c1-7(8(2)13(17)18)12(16)15(5)6-11-9(3)14-19-10(11)4/h7-8H,6H2,1-5H3,(H,17,18). The van der Waals surface area contributed by atoms with Gasteiger partial charge in [-0.2, -0.15) is 0 Å². The van der Waals surface area contributed by atoms with E-state index >= 15 is 0 Å². The fraction of sp³-hybridized carbons (Fsp3) is 0.615. The number of hydrogen-bond acceptors (Lipinski definition) is 4. The molecule has 19 heavy (non-hydrogen) atoms. The van der Waals surface area contributed by atoms with Gasteiger partial charge in [-0.3, -0.25) is 9.59 Å². The van der Waals surface area contributed by atoms with Crippen LogP contribution in [0.4, 0.5) is 0 Å². The van der Waals surface area contributed by atoms with Crippen LogP contribution in [0.2, 0.25) is 0 Å². The molecule has 1 amide bonds. The molecule has 0 fully saturated rings. The van der Waals surface area contributed by atoms with Gasteiger partial charge >= 0.3 is 5.97 Å². The normalized spacial score (nSPS) is 13.9. The lowest BCUT2D eigenvalue weighted by atomic mass is 9.94. The van der Waals surface area contributed by atoms with Gasteiger partial charge in [-0.05, 0) is 13.8 Å². The van der Waals surface area contributed by atoms with Gasteiger partial charge in [0.05, 0.1) is 18.2 Å². The van der Waals surface area contributed by atoms with Gasteiger partial charge in [0, 0.05) is 18.5 Å². The predicted molar refractivity (Wildman–Crippen MR) is 68.4 cm³/mol. The fourth-order valence-electron chi connectivity index (χ4n) is 1.82. The quantitative estimate of drug-likeness (QED) is 0.877. The number of aliphatic carboxylic acids is 1. The SMILES string of the molecule is Cc1noc(C)c1CN(C)C(=O)C(C)C(C)C(=O)O. The number of hydrogen-bond donors (Lipinski definition) is 1. The minimum atomic E-state index is -0.966. The van der Waals surface area contributed by atoms with Gasteiger partial charge < -0.3 is 14.5 Å². The Morgan fingerprint density at radius 3 is 2.32 bits per heavy atom. The van der Waals surface area contributed by atoms with Crippen molar-refractivity contribution < 1.29 is 19.2 Å². The first-order chi connectivity index (χ1) is 8.75. The second-order valence-corrected chi connectivity index (χ2v) is 4.91. The molecule has 0 aliphatic carbocycles. The highest BCUT2D eigenvalue weighted by Crippen LogP contribution is 2.18. The molecule has 2 atom stereocenters. The Morgan fingerprint density at radius 2 is 1.89 bits per heavy atom. The average molecular weight is 268 g/mol. The van der Waals surface area contributed by atoms with Crippen LogP contribution >= 0.6 is 0 Å². The monoisotopic (exact) mass is 268 g/mol. The Labute approximate surface area is 112 Å². The Balaban J connectivity index is 2.76. The lowest BCUT2D eigenvalue weighted by molar-refractivity contribution is -0.148. The molecule has 0 radical (unpaired) electrons. The maximum atomic E-state index is 12.1. The zero-order chi connectivity index (χ0) is 14.7. The molecule has 1 rings (SSSR count). The number of aromatic nitrogens is 1. The summed E-state index contributed by atoms with van der Waals surface area (Å²) in [4.78, 5) is 24.6. The second kappa shape index (κ2) is 5.86. The summed E-state index contributed by atoms with van der Waals surface area (Å²) in [6.45, 7) is 7.14. The minimum Gasteiger partial charge on any atom is -0.481 e. The summed E-state index contributed by atoms with van der Waals surface area (Å²) in [6.07, 6.45) is 0. The molecule has 0 bridgehead atoms. The summed E-state index contributed by atoms with van der Waals surface area (Å²) in [5, 5.41) is 12.8. The Bertz CT molecular complexity index is 461. The van der Waals surface area contributed by atoms with Gasteiger partial charge in [0.25, 0.3) is 0 Å². The van der Waals surface area contributed by atoms with Gasteiger partial charge in [-0.25, -0.2) is 0 Å². The van der Waals surface area contributed by atoms with E-state index in [-0.39, 0.29) is 5.91 Å². The first-order valence-electron chi connectivity index (χ1n) is 6.15. The van der Waals surface area contributed by atoms with Crippen molar-refractivity contribution in [2.24, 2.45) is 11.8 Å². The van der Waals surface area contributed by atoms with Crippen LogP contribution in [-0.4, -0.2) is 34.1 Å². The van der Waals surface area contributed by atoms with E-state index in [0.717, 1.165) is 11.3 Å². The van der Waals surface area contributed by atoms with Crippen LogP contribution in [0.3, 0.4) is 0 Å². The second-order valence-electron chi connectivity index (χ2n) is 4.91. The summed E-state index contributed by atoms with van der Waals surface area (Å²) < 4.78 is 5.04. The maximum Gasteiger partial charge on any atom is 0.307 e. The predicted octanol–water partition coefficient (Wildman–Crippen LogP) is 1.61. The van der Waals surface area contributed by atoms with Crippen LogP contribution in [-0.2, 0) is 16.1 Å². The number of amides is 1. The van der Waals surface area contributed by atoms with Crippen LogP contribution in [0, 0.1) is 25.7 Å². The number of carbonyl (C=O) groups is 2. The zero-order valence-electron chi connectivity index (χ0n) is 11.9. The van der Waals surface area contributed by atoms with Crippen LogP contribution in [0.5, 0.6) is 0 Å². The fourth-order valence-corrected chi connectivity index (χ4v) is 1.82. The van der Waals surface area contributed by atoms with E-state index < -0.39 is 17.8 Å². The van der Waals surface area contributed by atoms with Crippen molar-refractivity contribution in [1.82, 2.24) is 10.1 Å². The lowest BCUT2D eigenvalue weighted by Crippen LogP contribution is -2.36. The molecule has 0 aromatic carbocycles. The summed E-state index contributed by atoms with van der Waals surface area (Å²) in [6, 6.07) is 0. The largest absolute Gasteiger partial charge is 0.481 e. The number of carboxylic acid groups (broad SMARTS) is 1. The molecule has 0 spiro atoms. The molecule has 1 N–H and O–H groups in total. The van der Waals surface area contributed by atoms with Gasteiger partial charge in [-0.15, -0.1) is 0 Å². The van der Waals surface area contributed by atoms with Crippen molar-refractivity contribution in [2.45, 2.75) is 34.2 Å². The van der Waals surface area contributed by atoms with Gasteiger partial charge in [0.1, 0.15) is 5.76 Å². The smallest absolute Gasteiger partial charge is 0.307 e. The van der Waals surface area contributed by atoms with Crippen molar-refractivity contribution in [3.63, 3.8) is 0 Å². The van der Waals surface area contributed by atoms with Crippen LogP contribution < -0.4 is 0 Å². The van der Waals surface area contributed by atoms with Crippen LogP contribution in [0.25, 0.3) is 0 Å². The summed E-state index contributed by atoms with van der Waals surface area (Å²) in [5.74, 6) is -1.76. The topological polar surface area (TPSA) is 83.6 Å². The van der Waals surface area contributed by atoms with E-state index in [1.807, 2.05) is 6.92 Å². The summed E-state index contributed by atoms with van der Waals surface area (Å²) >= 11 is 0. The van der Waals surface area contributed by atoms with Crippen LogP contribution in [0.15, 0.2) is 4.52 Å². The van der Waals surface area contributed by atoms with Crippen molar-refractivity contribution in [1.29, 1.82) is 0 Å². The molecule has 2 unspecified atom stereocenters. The molecule has 1 aromatic heterocycles. The van der Waals surface area contributed by atoms with Crippen molar-refractivity contribution in [3.8, 4) is 0 Å². The zero-order valence-corrected chi connectivity index (χ0v) is 11.9. The molecule has 0 aliphatic rings. The summed E-state index contributed by atoms with van der Waals surface area (Å²) in [5.41, 5.74) is 1.61. The Hall–Kier alpha value is -1.85. The molecule has 6 heteroatoms. The van der Waals surface area contributed by atoms with E-state index in [4.69, 9.17) is 9.63 Å². The van der Waals surface area contributed by atoms with Gasteiger partial charge in [-0.1, -0.05) is 19.0 Å². The van der Waals surface area contributed by atoms with E-state index in [1.165, 1.54) is 11.8 Å². The first-order valence-corrected chi connectivity index (χ1v) is 6.15. The molecule has 1 heterocycles. The highest BCUT2D eigenvalue weighted by molar-refractivity contribution is 5.84. The Kier molecular flexibility index (Phi) is 4.69. The van der Waals surface area contributed by atoms with E-state index in [1.54, 1.807) is 20.9 Å². The maximum absolute atomic E-state index is 12.1. The molecule has 0 saturated carbocycles. The number of carbonyl (C=O) groups excluding carboxylic acids is 1. The first kappa shape index (κ1) is 15.2. The van der Waals surface area contributed by atoms with Gasteiger partial charge in [0.15, 0.2) is 0 Å². The third-order valence-corrected chi connectivity index (χ3v) is 3.48. The highest BCUT2D eigenvalue weighted by atomic mass is 16.5. The van der Waals surface area contributed by atoms with E-state index in [0.29, 0.717) is 12.3 Å². The lowest BCUT2D eigenvalue weighted by Gasteiger charge is -2.23. The minimum absolute atomic E-state index is 0.199. The molecule has 6 nitrogen and oxygen atoms in total. The number of nitrogens with zero attached hydrogens (tertiary/aromatic N) is 2. The molecule has 106 valence electrons. The van der Waals surface area contributed by atoms with Crippen LogP contribution in [0.1, 0.15) is 30.9 Å². The molecular weight excluding hydrogens is 248 g/mol. The van der Waals surface area contributed by atoms with E-state index in [9.17, 15) is 9.59 Å². The van der Waals surface area contributed by atoms with Gasteiger partial charge in [0.2, 0.25) is 5.91 Å². The molecule has 1 aromatic rings.